The van der Waals surface area contributed by atoms with Gasteiger partial charge in [0, 0.05) is 32.0 Å². The second-order valence-electron chi connectivity index (χ2n) is 5.16. The van der Waals surface area contributed by atoms with Crippen LogP contribution in [0.15, 0.2) is 28.8 Å². The quantitative estimate of drug-likeness (QED) is 0.854. The van der Waals surface area contributed by atoms with Gasteiger partial charge in [-0.15, -0.1) is 0 Å². The van der Waals surface area contributed by atoms with E-state index < -0.39 is 0 Å². The minimum absolute atomic E-state index is 0.0833. The summed E-state index contributed by atoms with van der Waals surface area (Å²) in [6.07, 6.45) is 0.566. The molecular formula is C15H17N3O3. The average Bonchev–Trinajstić information content (AvgIpc) is 2.85. The Bertz CT molecular complexity index is 647. The maximum absolute atomic E-state index is 11.2. The fraction of sp³-hybridized carbons (Fsp3) is 0.400. The van der Waals surface area contributed by atoms with Gasteiger partial charge in [0.15, 0.2) is 5.82 Å². The van der Waals surface area contributed by atoms with E-state index in [1.54, 1.807) is 18.9 Å². The fourth-order valence-electron chi connectivity index (χ4n) is 2.42. The molecule has 0 atom stereocenters. The lowest BCUT2D eigenvalue weighted by atomic mass is 10.0. The molecule has 1 aromatic carbocycles. The van der Waals surface area contributed by atoms with Crippen LogP contribution in [0.2, 0.25) is 0 Å². The number of benzene rings is 1. The van der Waals surface area contributed by atoms with Crippen LogP contribution in [0.4, 0.5) is 0 Å². The molecule has 0 N–H and O–H groups in total. The summed E-state index contributed by atoms with van der Waals surface area (Å²) in [6.45, 7) is 2.88. The molecule has 0 bridgehead atoms. The van der Waals surface area contributed by atoms with Gasteiger partial charge in [0.1, 0.15) is 5.75 Å². The number of hydrogen-bond acceptors (Lipinski definition) is 5. The lowest BCUT2D eigenvalue weighted by Gasteiger charge is -2.36. The number of nitrogens with zero attached hydrogens (tertiary/aromatic N) is 3. The molecule has 6 nitrogen and oxygen atoms in total. The number of ether oxygens (including phenoxy) is 1. The lowest BCUT2D eigenvalue weighted by molar-refractivity contribution is -0.133. The fourth-order valence-corrected chi connectivity index (χ4v) is 2.42. The highest BCUT2D eigenvalue weighted by molar-refractivity contribution is 5.74. The first kappa shape index (κ1) is 13.6. The van der Waals surface area contributed by atoms with E-state index >= 15 is 0 Å². The van der Waals surface area contributed by atoms with Crippen molar-refractivity contribution in [3.05, 3.63) is 41.5 Å². The Balaban J connectivity index is 1.67. The van der Waals surface area contributed by atoms with Gasteiger partial charge in [-0.05, 0) is 6.07 Å². The Morgan fingerprint density at radius 2 is 2.19 bits per heavy atom. The minimum Gasteiger partial charge on any atom is -0.496 e. The van der Waals surface area contributed by atoms with Gasteiger partial charge >= 0.3 is 0 Å². The first-order chi connectivity index (χ1) is 10.2. The molecule has 0 radical (unpaired) electrons. The zero-order valence-electron chi connectivity index (χ0n) is 12.1. The third-order valence-electron chi connectivity index (χ3n) is 3.70. The van der Waals surface area contributed by atoms with Crippen LogP contribution in [0.5, 0.6) is 5.75 Å². The molecular weight excluding hydrogens is 270 g/mol. The van der Waals surface area contributed by atoms with Gasteiger partial charge in [0.2, 0.25) is 11.8 Å². The van der Waals surface area contributed by atoms with Gasteiger partial charge in [-0.25, -0.2) is 0 Å². The summed E-state index contributed by atoms with van der Waals surface area (Å²) in [7, 11) is 1.64. The zero-order chi connectivity index (χ0) is 14.8. The van der Waals surface area contributed by atoms with Crippen LogP contribution in [0.3, 0.4) is 0 Å². The Morgan fingerprint density at radius 3 is 2.90 bits per heavy atom. The van der Waals surface area contributed by atoms with Crippen LogP contribution in [0, 0.1) is 0 Å². The number of para-hydroxylation sites is 1. The second-order valence-corrected chi connectivity index (χ2v) is 5.16. The lowest BCUT2D eigenvalue weighted by Crippen LogP contribution is -2.47. The third-order valence-corrected chi connectivity index (χ3v) is 3.70. The number of rotatable bonds is 4. The maximum Gasteiger partial charge on any atom is 0.233 e. The van der Waals surface area contributed by atoms with Gasteiger partial charge in [-0.2, -0.15) is 4.98 Å². The Hall–Kier alpha value is -2.37. The molecule has 2 heterocycles. The zero-order valence-corrected chi connectivity index (χ0v) is 12.1. The Morgan fingerprint density at radius 1 is 1.43 bits per heavy atom. The summed E-state index contributed by atoms with van der Waals surface area (Å²) in [6, 6.07) is 7.77. The summed E-state index contributed by atoms with van der Waals surface area (Å²) in [4.78, 5) is 17.3. The van der Waals surface area contributed by atoms with Crippen molar-refractivity contribution in [2.24, 2.45) is 0 Å². The van der Waals surface area contributed by atoms with Crippen molar-refractivity contribution < 1.29 is 14.1 Å². The topological polar surface area (TPSA) is 68.5 Å². The Labute approximate surface area is 122 Å². The van der Waals surface area contributed by atoms with E-state index in [0.29, 0.717) is 31.2 Å². The highest BCUT2D eigenvalue weighted by atomic mass is 16.5. The largest absolute Gasteiger partial charge is 0.496 e. The van der Waals surface area contributed by atoms with E-state index in [-0.39, 0.29) is 11.8 Å². The summed E-state index contributed by atoms with van der Waals surface area (Å²) in [5, 5.41) is 4.01. The van der Waals surface area contributed by atoms with Crippen LogP contribution in [0.1, 0.15) is 30.1 Å². The third kappa shape index (κ3) is 2.74. The van der Waals surface area contributed by atoms with E-state index in [2.05, 4.69) is 10.1 Å². The molecule has 1 aliphatic rings. The first-order valence-corrected chi connectivity index (χ1v) is 6.87. The molecule has 0 saturated carbocycles. The summed E-state index contributed by atoms with van der Waals surface area (Å²) in [5.74, 6) is 2.30. The summed E-state index contributed by atoms with van der Waals surface area (Å²) >= 11 is 0. The van der Waals surface area contributed by atoms with Crippen molar-refractivity contribution in [2.45, 2.75) is 19.3 Å². The van der Waals surface area contributed by atoms with Crippen molar-refractivity contribution in [3.63, 3.8) is 0 Å². The first-order valence-electron chi connectivity index (χ1n) is 6.87. The molecule has 1 aromatic heterocycles. The van der Waals surface area contributed by atoms with Gasteiger partial charge < -0.3 is 14.2 Å². The molecule has 2 aromatic rings. The van der Waals surface area contributed by atoms with Crippen LogP contribution in [-0.2, 0) is 11.2 Å². The number of carbonyl (C=O) groups is 1. The highest BCUT2D eigenvalue weighted by Gasteiger charge is 2.34. The number of hydrogen-bond donors (Lipinski definition) is 0. The summed E-state index contributed by atoms with van der Waals surface area (Å²) < 4.78 is 10.6. The van der Waals surface area contributed by atoms with Gasteiger partial charge in [-0.1, -0.05) is 23.4 Å². The van der Waals surface area contributed by atoms with Crippen molar-refractivity contribution in [1.82, 2.24) is 15.0 Å². The van der Waals surface area contributed by atoms with Crippen LogP contribution >= 0.6 is 0 Å². The smallest absolute Gasteiger partial charge is 0.233 e. The molecule has 3 rings (SSSR count). The Kier molecular flexibility index (Phi) is 3.60. The van der Waals surface area contributed by atoms with E-state index in [1.165, 1.54) is 0 Å². The van der Waals surface area contributed by atoms with Crippen molar-refractivity contribution >= 4 is 5.91 Å². The molecule has 0 spiro atoms. The van der Waals surface area contributed by atoms with Crippen molar-refractivity contribution in [2.75, 3.05) is 20.2 Å². The number of carbonyl (C=O) groups excluding carboxylic acids is 1. The molecule has 1 aliphatic heterocycles. The van der Waals surface area contributed by atoms with E-state index in [1.807, 2.05) is 24.3 Å². The van der Waals surface area contributed by atoms with Crippen LogP contribution in [-0.4, -0.2) is 41.1 Å². The van der Waals surface area contributed by atoms with Crippen molar-refractivity contribution in [1.29, 1.82) is 0 Å². The molecule has 110 valence electrons. The molecule has 1 saturated heterocycles. The second kappa shape index (κ2) is 5.55. The molecule has 1 fully saturated rings. The predicted molar refractivity (Wildman–Crippen MR) is 75.1 cm³/mol. The molecule has 0 unspecified atom stereocenters. The monoisotopic (exact) mass is 287 g/mol. The van der Waals surface area contributed by atoms with Crippen LogP contribution in [0.25, 0.3) is 0 Å². The number of aromatic nitrogens is 2. The van der Waals surface area contributed by atoms with Crippen molar-refractivity contribution in [3.8, 4) is 5.75 Å². The predicted octanol–water partition coefficient (Wildman–Crippen LogP) is 1.61. The standard InChI is InChI=1S/C15H17N3O3/c1-10(19)18-8-12(9-18)15-16-14(17-21-15)7-11-5-3-4-6-13(11)20-2/h3-6,12H,7-9H2,1-2H3. The van der Waals surface area contributed by atoms with Gasteiger partial charge in [-0.3, -0.25) is 4.79 Å². The molecule has 1 amide bonds. The average molecular weight is 287 g/mol. The normalized spacial score (nSPS) is 14.9. The molecule has 0 aliphatic carbocycles. The van der Waals surface area contributed by atoms with E-state index in [4.69, 9.17) is 9.26 Å². The van der Waals surface area contributed by atoms with E-state index in [0.717, 1.165) is 11.3 Å². The molecule has 21 heavy (non-hydrogen) atoms. The van der Waals surface area contributed by atoms with Gasteiger partial charge in [0.05, 0.1) is 13.0 Å². The molecule has 6 heteroatoms. The minimum atomic E-state index is 0.0833. The van der Waals surface area contributed by atoms with E-state index in [9.17, 15) is 4.79 Å². The highest BCUT2D eigenvalue weighted by Crippen LogP contribution is 2.26. The number of methoxy groups -OCH3 is 1. The SMILES string of the molecule is COc1ccccc1Cc1noc(C2CN(C(C)=O)C2)n1. The summed E-state index contributed by atoms with van der Waals surface area (Å²) in [5.41, 5.74) is 1.02. The maximum atomic E-state index is 11.2. The van der Waals surface area contributed by atoms with Crippen LogP contribution < -0.4 is 4.74 Å². The number of amides is 1. The van der Waals surface area contributed by atoms with Gasteiger partial charge in [0.25, 0.3) is 0 Å². The number of likely N-dealkylation sites (tertiary alicyclic amines) is 1.